The molecule has 0 aliphatic heterocycles. The predicted molar refractivity (Wildman–Crippen MR) is 82.2 cm³/mol. The van der Waals surface area contributed by atoms with E-state index in [0.29, 0.717) is 17.5 Å². The Kier molecular flexibility index (Phi) is 4.81. The molecule has 0 saturated heterocycles. The molecule has 0 unspecified atom stereocenters. The molecule has 106 valence electrons. The molecule has 3 N–H and O–H groups in total. The third-order valence-corrected chi connectivity index (χ3v) is 3.44. The quantitative estimate of drug-likeness (QED) is 0.499. The summed E-state index contributed by atoms with van der Waals surface area (Å²) in [5, 5.41) is 0. The van der Waals surface area contributed by atoms with Gasteiger partial charge in [-0.15, -0.1) is 11.8 Å². The number of rotatable bonds is 5. The van der Waals surface area contributed by atoms with Crippen molar-refractivity contribution in [3.05, 3.63) is 36.2 Å². The molecule has 0 fully saturated rings. The maximum atomic E-state index is 5.87. The van der Waals surface area contributed by atoms with Crippen LogP contribution in [0.5, 0.6) is 11.6 Å². The Morgan fingerprint density at radius 3 is 2.65 bits per heavy atom. The van der Waals surface area contributed by atoms with Crippen molar-refractivity contribution in [2.45, 2.75) is 24.7 Å². The maximum absolute atomic E-state index is 5.87. The van der Waals surface area contributed by atoms with E-state index >= 15 is 0 Å². The lowest BCUT2D eigenvalue weighted by Gasteiger charge is -2.12. The molecule has 0 bridgehead atoms. The third-order valence-electron chi connectivity index (χ3n) is 2.67. The fraction of sp³-hybridized carbons (Fsp3) is 0.286. The van der Waals surface area contributed by atoms with Crippen molar-refractivity contribution in [2.75, 3.05) is 11.7 Å². The zero-order chi connectivity index (χ0) is 14.5. The van der Waals surface area contributed by atoms with Crippen LogP contribution in [0.1, 0.15) is 25.6 Å². The Morgan fingerprint density at radius 2 is 2.00 bits per heavy atom. The second-order valence-corrected chi connectivity index (χ2v) is 5.35. The van der Waals surface area contributed by atoms with Gasteiger partial charge in [0, 0.05) is 16.9 Å². The zero-order valence-electron chi connectivity index (χ0n) is 11.8. The summed E-state index contributed by atoms with van der Waals surface area (Å²) in [6.45, 7) is 4.05. The number of nitrogen functional groups attached to an aromatic ring is 1. The van der Waals surface area contributed by atoms with E-state index in [2.05, 4.69) is 15.4 Å². The Balaban J connectivity index is 2.35. The van der Waals surface area contributed by atoms with Crippen LogP contribution in [0.2, 0.25) is 0 Å². The number of thioether (sulfide) groups is 1. The number of hydrazine groups is 1. The average molecular weight is 290 g/mol. The number of nitrogens with two attached hydrogens (primary N) is 1. The van der Waals surface area contributed by atoms with E-state index in [9.17, 15) is 0 Å². The van der Waals surface area contributed by atoms with E-state index in [1.54, 1.807) is 17.8 Å². The highest BCUT2D eigenvalue weighted by molar-refractivity contribution is 7.98. The summed E-state index contributed by atoms with van der Waals surface area (Å²) in [5.41, 5.74) is 2.54. The van der Waals surface area contributed by atoms with Gasteiger partial charge in [-0.3, -0.25) is 0 Å². The van der Waals surface area contributed by atoms with E-state index in [-0.39, 0.29) is 5.92 Å². The summed E-state index contributed by atoms with van der Waals surface area (Å²) >= 11 is 1.63. The number of hydrogen-bond donors (Lipinski definition) is 2. The molecule has 20 heavy (non-hydrogen) atoms. The maximum Gasteiger partial charge on any atom is 0.224 e. The van der Waals surface area contributed by atoms with Gasteiger partial charge in [0.05, 0.1) is 0 Å². The second-order valence-electron chi connectivity index (χ2n) is 4.50. The fourth-order valence-electron chi connectivity index (χ4n) is 1.64. The Hall–Kier alpha value is -1.79. The summed E-state index contributed by atoms with van der Waals surface area (Å²) in [5.74, 6) is 8.13. The number of anilines is 1. The van der Waals surface area contributed by atoms with Gasteiger partial charge in [0.15, 0.2) is 0 Å². The summed E-state index contributed by atoms with van der Waals surface area (Å²) < 4.78 is 5.87. The predicted octanol–water partition coefficient (Wildman–Crippen LogP) is 3.40. The molecule has 2 aromatic rings. The van der Waals surface area contributed by atoms with Gasteiger partial charge in [0.1, 0.15) is 17.4 Å². The average Bonchev–Trinajstić information content (AvgIpc) is 2.47. The third kappa shape index (κ3) is 3.40. The molecule has 1 heterocycles. The fourth-order valence-corrected chi connectivity index (χ4v) is 2.17. The van der Waals surface area contributed by atoms with Crippen molar-refractivity contribution in [3.8, 4) is 11.6 Å². The van der Waals surface area contributed by atoms with Crippen LogP contribution < -0.4 is 16.0 Å². The normalized spacial score (nSPS) is 10.7. The molecule has 0 spiro atoms. The van der Waals surface area contributed by atoms with Crippen LogP contribution in [0.25, 0.3) is 0 Å². The lowest BCUT2D eigenvalue weighted by molar-refractivity contribution is 0.447. The minimum Gasteiger partial charge on any atom is -0.438 e. The number of nitrogens with zero attached hydrogens (tertiary/aromatic N) is 2. The summed E-state index contributed by atoms with van der Waals surface area (Å²) in [6.07, 6.45) is 2.01. The largest absolute Gasteiger partial charge is 0.438 e. The monoisotopic (exact) mass is 290 g/mol. The minimum absolute atomic E-state index is 0.196. The highest BCUT2D eigenvalue weighted by atomic mass is 32.2. The molecular formula is C14H18N4OS. The molecule has 0 amide bonds. The van der Waals surface area contributed by atoms with Crippen molar-refractivity contribution >= 4 is 17.6 Å². The van der Waals surface area contributed by atoms with Crippen LogP contribution in [-0.2, 0) is 0 Å². The van der Waals surface area contributed by atoms with Crippen LogP contribution in [-0.4, -0.2) is 16.2 Å². The number of benzene rings is 1. The van der Waals surface area contributed by atoms with Gasteiger partial charge in [-0.05, 0) is 18.4 Å². The molecule has 1 aromatic heterocycles. The van der Waals surface area contributed by atoms with Gasteiger partial charge in [-0.2, -0.15) is 4.98 Å². The summed E-state index contributed by atoms with van der Waals surface area (Å²) in [7, 11) is 0. The lowest BCUT2D eigenvalue weighted by atomic mass is 10.2. The van der Waals surface area contributed by atoms with Crippen LogP contribution in [0.3, 0.4) is 0 Å². The number of nitrogens with one attached hydrogen (secondary N) is 1. The lowest BCUT2D eigenvalue weighted by Crippen LogP contribution is -2.11. The molecule has 0 aliphatic carbocycles. The highest BCUT2D eigenvalue weighted by Gasteiger charge is 2.10. The first-order valence-corrected chi connectivity index (χ1v) is 7.53. The Labute approximate surface area is 122 Å². The van der Waals surface area contributed by atoms with E-state index < -0.39 is 0 Å². The SMILES string of the molecule is CSc1ccccc1Oc1cc(NN)nc(C(C)C)n1. The van der Waals surface area contributed by atoms with Crippen LogP contribution >= 0.6 is 11.8 Å². The molecule has 6 heteroatoms. The first kappa shape index (κ1) is 14.6. The van der Waals surface area contributed by atoms with Crippen LogP contribution in [0.15, 0.2) is 35.2 Å². The molecule has 0 radical (unpaired) electrons. The number of hydrogen-bond acceptors (Lipinski definition) is 6. The smallest absolute Gasteiger partial charge is 0.224 e. The van der Waals surface area contributed by atoms with Crippen LogP contribution in [0, 0.1) is 0 Å². The Morgan fingerprint density at radius 1 is 1.25 bits per heavy atom. The van der Waals surface area contributed by atoms with Crippen molar-refractivity contribution in [1.82, 2.24) is 9.97 Å². The van der Waals surface area contributed by atoms with Gasteiger partial charge in [0.2, 0.25) is 5.88 Å². The van der Waals surface area contributed by atoms with Gasteiger partial charge in [-0.25, -0.2) is 10.8 Å². The zero-order valence-corrected chi connectivity index (χ0v) is 12.6. The molecular weight excluding hydrogens is 272 g/mol. The molecule has 0 saturated carbocycles. The summed E-state index contributed by atoms with van der Waals surface area (Å²) in [6, 6.07) is 9.51. The topological polar surface area (TPSA) is 73.1 Å². The summed E-state index contributed by atoms with van der Waals surface area (Å²) in [4.78, 5) is 9.77. The molecule has 1 aromatic carbocycles. The van der Waals surface area contributed by atoms with Gasteiger partial charge in [-0.1, -0.05) is 26.0 Å². The second kappa shape index (κ2) is 6.58. The van der Waals surface area contributed by atoms with E-state index in [0.717, 1.165) is 10.6 Å². The van der Waals surface area contributed by atoms with Crippen LogP contribution in [0.4, 0.5) is 5.82 Å². The van der Waals surface area contributed by atoms with E-state index in [4.69, 9.17) is 10.6 Å². The van der Waals surface area contributed by atoms with Crippen molar-refractivity contribution < 1.29 is 4.74 Å². The van der Waals surface area contributed by atoms with Gasteiger partial charge in [0.25, 0.3) is 0 Å². The first-order chi connectivity index (χ1) is 9.63. The number of ether oxygens (including phenoxy) is 1. The van der Waals surface area contributed by atoms with Gasteiger partial charge < -0.3 is 10.2 Å². The Bertz CT molecular complexity index is 589. The molecule has 5 nitrogen and oxygen atoms in total. The molecule has 2 rings (SSSR count). The number of para-hydroxylation sites is 1. The highest BCUT2D eigenvalue weighted by Crippen LogP contribution is 2.31. The minimum atomic E-state index is 0.196. The van der Waals surface area contributed by atoms with E-state index in [1.807, 2.05) is 44.4 Å². The van der Waals surface area contributed by atoms with Crippen molar-refractivity contribution in [1.29, 1.82) is 0 Å². The van der Waals surface area contributed by atoms with Crippen molar-refractivity contribution in [2.24, 2.45) is 5.84 Å². The number of aromatic nitrogens is 2. The van der Waals surface area contributed by atoms with E-state index in [1.165, 1.54) is 0 Å². The van der Waals surface area contributed by atoms with Crippen molar-refractivity contribution in [3.63, 3.8) is 0 Å². The molecule has 0 aliphatic rings. The standard InChI is InChI=1S/C14H18N4OS/c1-9(2)14-16-12(18-15)8-13(17-14)19-10-6-4-5-7-11(10)20-3/h4-9H,15H2,1-3H3,(H,16,17,18). The van der Waals surface area contributed by atoms with Gasteiger partial charge >= 0.3 is 0 Å². The molecule has 0 atom stereocenters. The first-order valence-electron chi connectivity index (χ1n) is 6.30.